The predicted molar refractivity (Wildman–Crippen MR) is 239 cm³/mol. The fourth-order valence-electron chi connectivity index (χ4n) is 5.10. The minimum atomic E-state index is -1.35. The second-order valence-corrected chi connectivity index (χ2v) is 16.5. The van der Waals surface area contributed by atoms with E-state index in [2.05, 4.69) is 47.9 Å². The van der Waals surface area contributed by atoms with Crippen LogP contribution in [0.4, 0.5) is 0 Å². The van der Waals surface area contributed by atoms with Gasteiger partial charge in [0.15, 0.2) is 0 Å². The molecule has 2 rings (SSSR count). The van der Waals surface area contributed by atoms with Gasteiger partial charge in [-0.1, -0.05) is 65.2 Å². The first kappa shape index (κ1) is 59.1. The van der Waals surface area contributed by atoms with E-state index in [0.29, 0.717) is 0 Å². The zero-order valence-electron chi connectivity index (χ0n) is 40.5. The minimum Gasteiger partial charge on any atom is -0.379 e. The molecule has 9 amide bonds. The average molecular weight is 914 g/mol. The molecule has 2 fully saturated rings. The Labute approximate surface area is 379 Å². The summed E-state index contributed by atoms with van der Waals surface area (Å²) >= 11 is 0. The van der Waals surface area contributed by atoms with Gasteiger partial charge in [0.05, 0.1) is 18.3 Å². The van der Waals surface area contributed by atoms with Crippen molar-refractivity contribution >= 4 is 53.2 Å². The molecule has 21 heteroatoms. The van der Waals surface area contributed by atoms with E-state index in [4.69, 9.17) is 14.2 Å². The molecule has 64 heavy (non-hydrogen) atoms. The van der Waals surface area contributed by atoms with Crippen LogP contribution in [0.3, 0.4) is 0 Å². The van der Waals surface area contributed by atoms with Gasteiger partial charge in [-0.25, -0.2) is 0 Å². The van der Waals surface area contributed by atoms with Crippen LogP contribution in [-0.4, -0.2) is 148 Å². The normalized spacial score (nSPS) is 17.9. The van der Waals surface area contributed by atoms with Gasteiger partial charge in [-0.15, -0.1) is 0 Å². The molecule has 9 N–H and O–H groups in total. The number of likely N-dealkylation sites (N-methyl/N-ethyl adjacent to an activating group) is 1. The number of methoxy groups -OCH3 is 3. The van der Waals surface area contributed by atoms with Crippen molar-refractivity contribution in [3.63, 3.8) is 0 Å². The highest BCUT2D eigenvalue weighted by Gasteiger charge is 2.35. The summed E-state index contributed by atoms with van der Waals surface area (Å²) in [7, 11) is 5.39. The van der Waals surface area contributed by atoms with Gasteiger partial charge < -0.3 is 62.1 Å². The number of amides is 9. The lowest BCUT2D eigenvalue weighted by atomic mass is 10.0. The van der Waals surface area contributed by atoms with E-state index in [1.165, 1.54) is 128 Å². The lowest BCUT2D eigenvalue weighted by Gasteiger charge is -2.28. The molecule has 21 nitrogen and oxygen atoms in total. The molecule has 2 aliphatic rings. The second kappa shape index (κ2) is 31.1. The Hall–Kier alpha value is -4.89. The molecular formula is C43H79N9O12. The molecule has 0 heterocycles. The highest BCUT2D eigenvalue weighted by Crippen LogP contribution is 2.15. The summed E-state index contributed by atoms with van der Waals surface area (Å²) < 4.78 is 15.7. The molecule has 3 unspecified atom stereocenters. The van der Waals surface area contributed by atoms with Gasteiger partial charge in [0.1, 0.15) is 48.3 Å². The molecule has 0 spiro atoms. The van der Waals surface area contributed by atoms with E-state index in [0.717, 1.165) is 0 Å². The Kier molecular flexibility index (Phi) is 28.7. The maximum atomic E-state index is 13.3. The van der Waals surface area contributed by atoms with Crippen molar-refractivity contribution in [1.82, 2.24) is 47.9 Å². The third-order valence-electron chi connectivity index (χ3n) is 10.8. The number of carbonyl (C=O) groups is 9. The highest BCUT2D eigenvalue weighted by atomic mass is 16.5. The maximum absolute atomic E-state index is 13.3. The molecule has 0 aromatic rings. The van der Waals surface area contributed by atoms with E-state index >= 15 is 0 Å². The molecule has 368 valence electrons. The molecule has 0 aromatic heterocycles. The van der Waals surface area contributed by atoms with E-state index in [1.807, 2.05) is 0 Å². The topological polar surface area (TPSA) is 290 Å². The lowest BCUT2D eigenvalue weighted by Crippen LogP contribution is -2.61. The Morgan fingerprint density at radius 1 is 0.312 bits per heavy atom. The second-order valence-electron chi connectivity index (χ2n) is 16.5. The van der Waals surface area contributed by atoms with Crippen LogP contribution in [0.15, 0.2) is 0 Å². The van der Waals surface area contributed by atoms with Gasteiger partial charge in [0, 0.05) is 34.3 Å². The molecule has 2 aliphatic carbocycles. The molecular weight excluding hydrogens is 835 g/mol. The van der Waals surface area contributed by atoms with Crippen LogP contribution in [0.2, 0.25) is 0 Å². The van der Waals surface area contributed by atoms with Crippen molar-refractivity contribution in [2.45, 2.75) is 187 Å². The zero-order valence-corrected chi connectivity index (χ0v) is 40.5. The summed E-state index contributed by atoms with van der Waals surface area (Å²) in [5.41, 5.74) is 0. The summed E-state index contributed by atoms with van der Waals surface area (Å²) in [5, 5.41) is 22.3. The number of nitrogens with one attached hydrogen (secondary N) is 9. The predicted octanol–water partition coefficient (Wildman–Crippen LogP) is -0.408. The molecule has 0 radical (unpaired) electrons. The quantitative estimate of drug-likeness (QED) is 0.0633. The smallest absolute Gasteiger partial charge is 0.245 e. The average Bonchev–Trinajstić information content (AvgIpc) is 3.20. The van der Waals surface area contributed by atoms with Crippen LogP contribution in [-0.2, 0) is 57.4 Å². The first-order valence-corrected chi connectivity index (χ1v) is 22.2. The van der Waals surface area contributed by atoms with Crippen LogP contribution >= 0.6 is 0 Å². The lowest BCUT2D eigenvalue weighted by molar-refractivity contribution is -0.137. The summed E-state index contributed by atoms with van der Waals surface area (Å²) in [5.74, 6) is -6.58. The molecule has 11 atom stereocenters. The zero-order chi connectivity index (χ0) is 49.3. The molecule has 0 aliphatic heterocycles. The SMILES string of the molecule is C1CCC1.C1CCC1.CNC(=O)[C@H](C)NC(=O)[C@@H](NC(=O)[C@H](C)NC(=O)[C@H](C)NC(=O)[C@@H](NC(=O)[C@H](C)NC(=O)[C@H](C)NC(=O)[C@@H](NC(=O)C(C)C)C(C)OC)C(C)OC)C(C)OC. The molecule has 0 aromatic carbocycles. The van der Waals surface area contributed by atoms with Crippen molar-refractivity contribution in [1.29, 1.82) is 0 Å². The van der Waals surface area contributed by atoms with E-state index in [9.17, 15) is 43.2 Å². The van der Waals surface area contributed by atoms with Gasteiger partial charge in [-0.3, -0.25) is 43.2 Å². The van der Waals surface area contributed by atoms with Gasteiger partial charge in [-0.2, -0.15) is 0 Å². The Bertz CT molecular complexity index is 1510. The van der Waals surface area contributed by atoms with Crippen molar-refractivity contribution in [3.8, 4) is 0 Å². The Morgan fingerprint density at radius 2 is 0.516 bits per heavy atom. The van der Waals surface area contributed by atoms with Crippen LogP contribution in [0, 0.1) is 5.92 Å². The van der Waals surface area contributed by atoms with Gasteiger partial charge in [-0.05, 0) is 55.4 Å². The third kappa shape index (κ3) is 21.7. The van der Waals surface area contributed by atoms with Crippen molar-refractivity contribution in [2.24, 2.45) is 5.92 Å². The Morgan fingerprint density at radius 3 is 0.719 bits per heavy atom. The van der Waals surface area contributed by atoms with Crippen LogP contribution in [0.1, 0.15) is 121 Å². The number of rotatable bonds is 23. The van der Waals surface area contributed by atoms with Crippen LogP contribution in [0.25, 0.3) is 0 Å². The van der Waals surface area contributed by atoms with Gasteiger partial charge in [0.25, 0.3) is 0 Å². The summed E-state index contributed by atoms with van der Waals surface area (Å²) in [4.78, 5) is 115. The van der Waals surface area contributed by atoms with E-state index < -0.39 is 126 Å². The number of hydrogen-bond acceptors (Lipinski definition) is 12. The monoisotopic (exact) mass is 914 g/mol. The summed E-state index contributed by atoms with van der Waals surface area (Å²) in [6.45, 7) is 14.8. The highest BCUT2D eigenvalue weighted by molar-refractivity contribution is 5.98. The number of carbonyl (C=O) groups excluding carboxylic acids is 9. The van der Waals surface area contributed by atoms with Crippen molar-refractivity contribution in [3.05, 3.63) is 0 Å². The standard InChI is InChI=1S/C35H63N9O12.2C4H8/c1-15(2)27(45)42-24(21(8)54-12)33(51)40-17(4)29(47)37-20(7)32(50)44-26(23(10)56-14)35(53)41-18(5)30(48)38-19(6)31(49)43-25(22(9)55-13)34(52)39-16(3)28(46)36-11;2*1-2-4-3-1/h15-26H,1-14H3,(H,36,46)(H,37,47)(H,38,48)(H,39,52)(H,40,51)(H,41,53)(H,42,45)(H,43,49)(H,44,50);2*1-4H2/t16-,17-,18-,19-,20-,21?,22?,23?,24-,25-,26-;;/m0../s1. The first-order valence-electron chi connectivity index (χ1n) is 22.2. The van der Waals surface area contributed by atoms with Gasteiger partial charge in [0.2, 0.25) is 53.2 Å². The summed E-state index contributed by atoms with van der Waals surface area (Å²) in [6.07, 6.45) is 9.53. The molecule has 0 bridgehead atoms. The molecule has 0 saturated heterocycles. The Balaban J connectivity index is 0.00000442. The third-order valence-corrected chi connectivity index (χ3v) is 10.8. The van der Waals surface area contributed by atoms with Gasteiger partial charge >= 0.3 is 0 Å². The van der Waals surface area contributed by atoms with Crippen molar-refractivity contribution in [2.75, 3.05) is 28.4 Å². The fourth-order valence-corrected chi connectivity index (χ4v) is 5.10. The van der Waals surface area contributed by atoms with Crippen molar-refractivity contribution < 1.29 is 57.4 Å². The van der Waals surface area contributed by atoms with Crippen LogP contribution in [0.5, 0.6) is 0 Å². The number of hydrogen-bond donors (Lipinski definition) is 9. The molecule has 2 saturated carbocycles. The fraction of sp³-hybridized carbons (Fsp3) is 0.791. The first-order chi connectivity index (χ1) is 30.0. The van der Waals surface area contributed by atoms with E-state index in [-0.39, 0.29) is 0 Å². The summed E-state index contributed by atoms with van der Waals surface area (Å²) in [6, 6.07) is -9.39. The largest absolute Gasteiger partial charge is 0.379 e. The van der Waals surface area contributed by atoms with Crippen LogP contribution < -0.4 is 47.9 Å². The maximum Gasteiger partial charge on any atom is 0.245 e. The number of ether oxygens (including phenoxy) is 3. The minimum absolute atomic E-state index is 0.395. The van der Waals surface area contributed by atoms with E-state index in [1.54, 1.807) is 20.8 Å².